The van der Waals surface area contributed by atoms with E-state index in [4.69, 9.17) is 5.73 Å². The van der Waals surface area contributed by atoms with Gasteiger partial charge in [0.15, 0.2) is 0 Å². The first-order chi connectivity index (χ1) is 10.4. The Morgan fingerprint density at radius 2 is 2.23 bits per heavy atom. The fourth-order valence-electron chi connectivity index (χ4n) is 2.94. The first-order valence-corrected chi connectivity index (χ1v) is 8.03. The lowest BCUT2D eigenvalue weighted by atomic mass is 9.90. The number of carbonyl (C=O) groups is 1. The van der Waals surface area contributed by atoms with Gasteiger partial charge in [-0.15, -0.1) is 0 Å². The molecule has 22 heavy (non-hydrogen) atoms. The van der Waals surface area contributed by atoms with E-state index in [2.05, 4.69) is 27.8 Å². The summed E-state index contributed by atoms with van der Waals surface area (Å²) in [7, 11) is 0. The van der Waals surface area contributed by atoms with Crippen LogP contribution < -0.4 is 11.3 Å². The quantitative estimate of drug-likeness (QED) is 0.857. The van der Waals surface area contributed by atoms with Crippen LogP contribution in [-0.2, 0) is 0 Å². The molecular formula is C16H18BrN3O2. The summed E-state index contributed by atoms with van der Waals surface area (Å²) in [5, 5.41) is 0.750. The molecule has 0 aliphatic carbocycles. The van der Waals surface area contributed by atoms with Crippen LogP contribution in [0.1, 0.15) is 23.7 Å². The van der Waals surface area contributed by atoms with Crippen LogP contribution in [-0.4, -0.2) is 35.4 Å². The van der Waals surface area contributed by atoms with Crippen molar-refractivity contribution >= 4 is 32.7 Å². The van der Waals surface area contributed by atoms with Crippen LogP contribution in [0, 0.1) is 5.41 Å². The molecule has 0 bridgehead atoms. The van der Waals surface area contributed by atoms with Crippen LogP contribution in [0.2, 0.25) is 0 Å². The third-order valence-corrected chi connectivity index (χ3v) is 4.87. The number of carbonyl (C=O) groups excluding carboxylic acids is 1. The Bertz CT molecular complexity index is 802. The van der Waals surface area contributed by atoms with E-state index in [9.17, 15) is 9.59 Å². The highest BCUT2D eigenvalue weighted by Crippen LogP contribution is 2.30. The molecule has 3 rings (SSSR count). The molecule has 0 saturated carbocycles. The zero-order valence-electron chi connectivity index (χ0n) is 12.4. The minimum absolute atomic E-state index is 0.0345. The number of H-pyrrole nitrogens is 1. The number of likely N-dealkylation sites (tertiary alicyclic amines) is 1. The van der Waals surface area contributed by atoms with Crippen molar-refractivity contribution in [3.8, 4) is 0 Å². The van der Waals surface area contributed by atoms with Crippen LogP contribution in [0.4, 0.5) is 0 Å². The Morgan fingerprint density at radius 1 is 1.45 bits per heavy atom. The van der Waals surface area contributed by atoms with Gasteiger partial charge in [-0.2, -0.15) is 0 Å². The Hall–Kier alpha value is -1.66. The van der Waals surface area contributed by atoms with Gasteiger partial charge in [0.05, 0.1) is 5.56 Å². The monoisotopic (exact) mass is 363 g/mol. The molecular weight excluding hydrogens is 346 g/mol. The van der Waals surface area contributed by atoms with Gasteiger partial charge in [-0.3, -0.25) is 9.59 Å². The molecule has 1 atom stereocenters. The van der Waals surface area contributed by atoms with Crippen molar-refractivity contribution in [3.05, 3.63) is 44.7 Å². The zero-order valence-corrected chi connectivity index (χ0v) is 13.9. The molecule has 5 nitrogen and oxygen atoms in total. The van der Waals surface area contributed by atoms with E-state index in [0.717, 1.165) is 16.3 Å². The van der Waals surface area contributed by atoms with Crippen molar-refractivity contribution in [1.82, 2.24) is 9.88 Å². The number of fused-ring (bicyclic) bond motifs is 1. The normalized spacial score (nSPS) is 21.5. The van der Waals surface area contributed by atoms with Gasteiger partial charge < -0.3 is 15.6 Å². The largest absolute Gasteiger partial charge is 0.338 e. The molecule has 6 heteroatoms. The van der Waals surface area contributed by atoms with E-state index >= 15 is 0 Å². The highest BCUT2D eigenvalue weighted by atomic mass is 79.9. The minimum atomic E-state index is -0.265. The van der Waals surface area contributed by atoms with Gasteiger partial charge >= 0.3 is 0 Å². The molecule has 1 unspecified atom stereocenters. The van der Waals surface area contributed by atoms with Crippen molar-refractivity contribution in [2.45, 2.75) is 13.3 Å². The summed E-state index contributed by atoms with van der Waals surface area (Å²) in [5.74, 6) is -0.105. The molecule has 1 aliphatic heterocycles. The SMILES string of the molecule is CC1(CN)CCN(C(=O)c2cc(=O)[nH]c3ccc(Br)cc23)C1. The van der Waals surface area contributed by atoms with Gasteiger partial charge in [0.1, 0.15) is 0 Å². The van der Waals surface area contributed by atoms with E-state index in [1.807, 2.05) is 12.1 Å². The van der Waals surface area contributed by atoms with E-state index in [0.29, 0.717) is 30.7 Å². The Morgan fingerprint density at radius 3 is 2.91 bits per heavy atom. The second-order valence-electron chi connectivity index (χ2n) is 6.23. The standard InChI is InChI=1S/C16H18BrN3O2/c1-16(8-18)4-5-20(9-16)15(22)12-7-14(21)19-13-3-2-10(17)6-11(12)13/h2-3,6-7H,4-5,8-9,18H2,1H3,(H,19,21). The molecule has 1 aliphatic rings. The third-order valence-electron chi connectivity index (χ3n) is 4.37. The summed E-state index contributed by atoms with van der Waals surface area (Å²) >= 11 is 3.41. The fraction of sp³-hybridized carbons (Fsp3) is 0.375. The minimum Gasteiger partial charge on any atom is -0.338 e. The number of nitrogens with zero attached hydrogens (tertiary/aromatic N) is 1. The molecule has 1 saturated heterocycles. The average molecular weight is 364 g/mol. The van der Waals surface area contributed by atoms with E-state index < -0.39 is 0 Å². The lowest BCUT2D eigenvalue weighted by Crippen LogP contribution is -2.35. The average Bonchev–Trinajstić information content (AvgIpc) is 2.89. The molecule has 2 aromatic rings. The Kier molecular flexibility index (Phi) is 3.82. The highest BCUT2D eigenvalue weighted by molar-refractivity contribution is 9.10. The van der Waals surface area contributed by atoms with Gasteiger partial charge in [0.2, 0.25) is 5.56 Å². The third kappa shape index (κ3) is 2.68. The first-order valence-electron chi connectivity index (χ1n) is 7.24. The van der Waals surface area contributed by atoms with Gasteiger partial charge in [-0.25, -0.2) is 0 Å². The first kappa shape index (κ1) is 15.2. The topological polar surface area (TPSA) is 79.2 Å². The second-order valence-corrected chi connectivity index (χ2v) is 7.14. The number of nitrogens with two attached hydrogens (primary N) is 1. The van der Waals surface area contributed by atoms with Crippen molar-refractivity contribution in [1.29, 1.82) is 0 Å². The van der Waals surface area contributed by atoms with Gasteiger partial charge in [0, 0.05) is 34.5 Å². The molecule has 3 N–H and O–H groups in total. The molecule has 0 spiro atoms. The van der Waals surface area contributed by atoms with Crippen molar-refractivity contribution in [3.63, 3.8) is 0 Å². The van der Waals surface area contributed by atoms with Crippen molar-refractivity contribution in [2.75, 3.05) is 19.6 Å². The second kappa shape index (κ2) is 5.52. The van der Waals surface area contributed by atoms with Crippen LogP contribution in [0.3, 0.4) is 0 Å². The molecule has 1 fully saturated rings. The molecule has 1 aromatic heterocycles. The maximum absolute atomic E-state index is 12.8. The summed E-state index contributed by atoms with van der Waals surface area (Å²) in [6.07, 6.45) is 0.889. The highest BCUT2D eigenvalue weighted by Gasteiger charge is 2.35. The van der Waals surface area contributed by atoms with Crippen LogP contribution in [0.25, 0.3) is 10.9 Å². The number of nitrogens with one attached hydrogen (secondary N) is 1. The maximum atomic E-state index is 12.8. The number of aromatic amines is 1. The number of pyridine rings is 1. The van der Waals surface area contributed by atoms with Crippen molar-refractivity contribution in [2.24, 2.45) is 11.1 Å². The number of hydrogen-bond acceptors (Lipinski definition) is 3. The summed E-state index contributed by atoms with van der Waals surface area (Å²) in [5.41, 5.74) is 6.62. The Balaban J connectivity index is 2.04. The van der Waals surface area contributed by atoms with Crippen LogP contribution in [0.15, 0.2) is 33.5 Å². The van der Waals surface area contributed by atoms with Gasteiger partial charge in [-0.1, -0.05) is 22.9 Å². The van der Waals surface area contributed by atoms with Crippen LogP contribution >= 0.6 is 15.9 Å². The molecule has 1 aromatic carbocycles. The van der Waals surface area contributed by atoms with E-state index in [-0.39, 0.29) is 16.9 Å². The van der Waals surface area contributed by atoms with Gasteiger partial charge in [-0.05, 0) is 36.6 Å². The molecule has 0 radical (unpaired) electrons. The zero-order chi connectivity index (χ0) is 15.9. The number of aromatic nitrogens is 1. The fourth-order valence-corrected chi connectivity index (χ4v) is 3.30. The lowest BCUT2D eigenvalue weighted by molar-refractivity contribution is 0.0778. The number of amides is 1. The predicted molar refractivity (Wildman–Crippen MR) is 90.0 cm³/mol. The number of benzene rings is 1. The van der Waals surface area contributed by atoms with Crippen molar-refractivity contribution < 1.29 is 4.79 Å². The number of halogens is 1. The lowest BCUT2D eigenvalue weighted by Gasteiger charge is -2.23. The predicted octanol–water partition coefficient (Wildman–Crippen LogP) is 2.10. The van der Waals surface area contributed by atoms with E-state index in [1.165, 1.54) is 6.07 Å². The van der Waals surface area contributed by atoms with E-state index in [1.54, 1.807) is 11.0 Å². The summed E-state index contributed by atoms with van der Waals surface area (Å²) in [6, 6.07) is 6.88. The number of rotatable bonds is 2. The molecule has 2 heterocycles. The molecule has 1 amide bonds. The summed E-state index contributed by atoms with van der Waals surface area (Å²) in [6.45, 7) is 3.95. The summed E-state index contributed by atoms with van der Waals surface area (Å²) in [4.78, 5) is 29.2. The smallest absolute Gasteiger partial charge is 0.254 e. The molecule has 116 valence electrons. The van der Waals surface area contributed by atoms with Gasteiger partial charge in [0.25, 0.3) is 5.91 Å². The summed E-state index contributed by atoms with van der Waals surface area (Å²) < 4.78 is 0.870. The maximum Gasteiger partial charge on any atom is 0.254 e. The Labute approximate surface area is 136 Å². The number of hydrogen-bond donors (Lipinski definition) is 2. The van der Waals surface area contributed by atoms with Crippen LogP contribution in [0.5, 0.6) is 0 Å².